The van der Waals surface area contributed by atoms with Gasteiger partial charge in [0.2, 0.25) is 5.91 Å². The minimum absolute atomic E-state index is 0.0951. The van der Waals surface area contributed by atoms with Crippen LogP contribution in [0.25, 0.3) is 0 Å². The fourth-order valence-corrected chi connectivity index (χ4v) is 4.84. The molecular formula is C25H25ClN2O5S. The van der Waals surface area contributed by atoms with Gasteiger partial charge in [-0.05, 0) is 55.8 Å². The molecule has 178 valence electrons. The highest BCUT2D eigenvalue weighted by Crippen LogP contribution is 2.27. The van der Waals surface area contributed by atoms with E-state index in [0.717, 1.165) is 9.87 Å². The van der Waals surface area contributed by atoms with Crippen molar-refractivity contribution in [3.8, 4) is 0 Å². The number of esters is 1. The number of rotatable bonds is 9. The minimum Gasteiger partial charge on any atom is -0.462 e. The fourth-order valence-electron chi connectivity index (χ4n) is 3.21. The highest BCUT2D eigenvalue weighted by atomic mass is 35.5. The van der Waals surface area contributed by atoms with Crippen LogP contribution in [0, 0.1) is 0 Å². The number of halogens is 1. The summed E-state index contributed by atoms with van der Waals surface area (Å²) in [5.74, 6) is -0.987. The van der Waals surface area contributed by atoms with Crippen molar-refractivity contribution in [2.75, 3.05) is 16.2 Å². The van der Waals surface area contributed by atoms with E-state index in [9.17, 15) is 18.0 Å². The van der Waals surface area contributed by atoms with Crippen LogP contribution in [-0.2, 0) is 30.8 Å². The summed E-state index contributed by atoms with van der Waals surface area (Å²) in [7, 11) is -4.20. The molecular weight excluding hydrogens is 476 g/mol. The van der Waals surface area contributed by atoms with E-state index in [1.54, 1.807) is 32.0 Å². The number of nitrogens with one attached hydrogen (secondary N) is 1. The number of anilines is 2. The second-order valence-electron chi connectivity index (χ2n) is 7.77. The Morgan fingerprint density at radius 1 is 0.971 bits per heavy atom. The fraction of sp³-hybridized carbons (Fsp3) is 0.200. The van der Waals surface area contributed by atoms with Gasteiger partial charge in [0, 0.05) is 10.7 Å². The van der Waals surface area contributed by atoms with E-state index in [-0.39, 0.29) is 22.9 Å². The van der Waals surface area contributed by atoms with Crippen LogP contribution in [0.5, 0.6) is 0 Å². The largest absolute Gasteiger partial charge is 0.462 e. The van der Waals surface area contributed by atoms with Gasteiger partial charge in [0.05, 0.1) is 23.1 Å². The lowest BCUT2D eigenvalue weighted by Gasteiger charge is -2.24. The Balaban J connectivity index is 1.88. The lowest BCUT2D eigenvalue weighted by molar-refractivity contribution is -0.145. The van der Waals surface area contributed by atoms with Gasteiger partial charge in [-0.1, -0.05) is 54.1 Å². The number of amides is 1. The van der Waals surface area contributed by atoms with Crippen LogP contribution >= 0.6 is 11.6 Å². The van der Waals surface area contributed by atoms with E-state index in [2.05, 4.69) is 5.32 Å². The average molecular weight is 501 g/mol. The van der Waals surface area contributed by atoms with Crippen molar-refractivity contribution in [1.29, 1.82) is 0 Å². The van der Waals surface area contributed by atoms with Gasteiger partial charge in [0.15, 0.2) is 0 Å². The maximum Gasteiger partial charge on any atom is 0.327 e. The molecule has 1 amide bonds. The zero-order chi connectivity index (χ0) is 24.7. The maximum atomic E-state index is 13.6. The van der Waals surface area contributed by atoms with Crippen LogP contribution in [-0.4, -0.2) is 32.9 Å². The van der Waals surface area contributed by atoms with E-state index in [0.29, 0.717) is 10.7 Å². The number of carbonyl (C=O) groups is 2. The third kappa shape index (κ3) is 6.82. The smallest absolute Gasteiger partial charge is 0.327 e. The lowest BCUT2D eigenvalue weighted by atomic mass is 10.1. The van der Waals surface area contributed by atoms with Crippen LogP contribution in [0.4, 0.5) is 11.4 Å². The zero-order valence-corrected chi connectivity index (χ0v) is 20.3. The first-order valence-electron chi connectivity index (χ1n) is 10.6. The molecule has 0 aliphatic rings. The summed E-state index contributed by atoms with van der Waals surface area (Å²) in [6.45, 7) is 2.82. The first kappa shape index (κ1) is 25.3. The third-order valence-corrected chi connectivity index (χ3v) is 6.65. The van der Waals surface area contributed by atoms with E-state index in [4.69, 9.17) is 16.3 Å². The standard InChI is InChI=1S/C25H25ClN2O5S/c1-18(2)33-25(30)17-28(22-12-6-10-20(26)15-22)34(31,32)23-13-7-11-21(16-23)27-24(29)14-19-8-4-3-5-9-19/h3-13,15-16,18H,14,17H2,1-2H3,(H,27,29). The molecule has 0 aromatic heterocycles. The van der Waals surface area contributed by atoms with E-state index in [1.807, 2.05) is 30.3 Å². The van der Waals surface area contributed by atoms with Gasteiger partial charge < -0.3 is 10.1 Å². The Labute approximate surface area is 204 Å². The highest BCUT2D eigenvalue weighted by Gasteiger charge is 2.28. The molecule has 34 heavy (non-hydrogen) atoms. The average Bonchev–Trinajstić information content (AvgIpc) is 2.77. The monoisotopic (exact) mass is 500 g/mol. The first-order valence-corrected chi connectivity index (χ1v) is 12.4. The summed E-state index contributed by atoms with van der Waals surface area (Å²) in [6.07, 6.45) is -0.257. The molecule has 0 radical (unpaired) electrons. The molecule has 0 spiro atoms. The quantitative estimate of drug-likeness (QED) is 0.431. The van der Waals surface area contributed by atoms with Crippen molar-refractivity contribution in [2.24, 2.45) is 0 Å². The molecule has 0 bridgehead atoms. The molecule has 0 saturated carbocycles. The van der Waals surface area contributed by atoms with Crippen molar-refractivity contribution in [1.82, 2.24) is 0 Å². The number of ether oxygens (including phenoxy) is 1. The van der Waals surface area contributed by atoms with Crippen molar-refractivity contribution in [3.05, 3.63) is 89.4 Å². The van der Waals surface area contributed by atoms with Gasteiger partial charge in [0.1, 0.15) is 6.54 Å². The second kappa shape index (κ2) is 11.2. The van der Waals surface area contributed by atoms with Crippen molar-refractivity contribution in [2.45, 2.75) is 31.3 Å². The zero-order valence-electron chi connectivity index (χ0n) is 18.8. The van der Waals surface area contributed by atoms with Crippen LogP contribution in [0.15, 0.2) is 83.8 Å². The van der Waals surface area contributed by atoms with E-state index < -0.39 is 28.6 Å². The van der Waals surface area contributed by atoms with Gasteiger partial charge in [-0.2, -0.15) is 0 Å². The number of carbonyl (C=O) groups excluding carboxylic acids is 2. The topological polar surface area (TPSA) is 92.8 Å². The van der Waals surface area contributed by atoms with Gasteiger partial charge in [-0.25, -0.2) is 8.42 Å². The second-order valence-corrected chi connectivity index (χ2v) is 10.1. The minimum atomic E-state index is -4.20. The number of benzene rings is 3. The number of sulfonamides is 1. The number of hydrogen-bond donors (Lipinski definition) is 1. The van der Waals surface area contributed by atoms with Crippen LogP contribution in [0.1, 0.15) is 19.4 Å². The highest BCUT2D eigenvalue weighted by molar-refractivity contribution is 7.92. The molecule has 0 aliphatic heterocycles. The van der Waals surface area contributed by atoms with Crippen molar-refractivity contribution < 1.29 is 22.7 Å². The van der Waals surface area contributed by atoms with Gasteiger partial charge >= 0.3 is 5.97 Å². The molecule has 9 heteroatoms. The molecule has 0 atom stereocenters. The van der Waals surface area contributed by atoms with Crippen molar-refractivity contribution >= 4 is 44.9 Å². The summed E-state index contributed by atoms with van der Waals surface area (Å²) in [5.41, 5.74) is 1.36. The van der Waals surface area contributed by atoms with Gasteiger partial charge in [-0.15, -0.1) is 0 Å². The van der Waals surface area contributed by atoms with Gasteiger partial charge in [-0.3, -0.25) is 13.9 Å². The Morgan fingerprint density at radius 2 is 1.68 bits per heavy atom. The Kier molecular flexibility index (Phi) is 8.31. The van der Waals surface area contributed by atoms with Crippen LogP contribution < -0.4 is 9.62 Å². The summed E-state index contributed by atoms with van der Waals surface area (Å²) >= 11 is 6.07. The number of nitrogens with zero attached hydrogens (tertiary/aromatic N) is 1. The summed E-state index contributed by atoms with van der Waals surface area (Å²) < 4.78 is 33.2. The van der Waals surface area contributed by atoms with E-state index >= 15 is 0 Å². The third-order valence-electron chi connectivity index (χ3n) is 4.65. The van der Waals surface area contributed by atoms with E-state index in [1.165, 1.54) is 30.3 Å². The predicted octanol–water partition coefficient (Wildman–Crippen LogP) is 4.67. The Bertz CT molecular complexity index is 1260. The molecule has 0 unspecified atom stereocenters. The maximum absolute atomic E-state index is 13.6. The molecule has 1 N–H and O–H groups in total. The molecule has 0 heterocycles. The van der Waals surface area contributed by atoms with Gasteiger partial charge in [0.25, 0.3) is 10.0 Å². The normalized spacial score (nSPS) is 11.2. The summed E-state index contributed by atoms with van der Waals surface area (Å²) in [6, 6.07) is 21.3. The molecule has 3 rings (SSSR count). The molecule has 3 aromatic carbocycles. The summed E-state index contributed by atoms with van der Waals surface area (Å²) in [5, 5.41) is 3.04. The van der Waals surface area contributed by atoms with Crippen molar-refractivity contribution in [3.63, 3.8) is 0 Å². The Morgan fingerprint density at radius 3 is 2.35 bits per heavy atom. The molecule has 7 nitrogen and oxygen atoms in total. The molecule has 3 aromatic rings. The SMILES string of the molecule is CC(C)OC(=O)CN(c1cccc(Cl)c1)S(=O)(=O)c1cccc(NC(=O)Cc2ccccc2)c1. The number of hydrogen-bond acceptors (Lipinski definition) is 5. The van der Waals surface area contributed by atoms with Crippen LogP contribution in [0.3, 0.4) is 0 Å². The summed E-state index contributed by atoms with van der Waals surface area (Å²) in [4.78, 5) is 24.7. The lowest BCUT2D eigenvalue weighted by Crippen LogP contribution is -2.37. The Hall–Kier alpha value is -3.36. The molecule has 0 aliphatic carbocycles. The first-order chi connectivity index (χ1) is 16.1. The van der Waals surface area contributed by atoms with Crippen LogP contribution in [0.2, 0.25) is 5.02 Å². The predicted molar refractivity (Wildman–Crippen MR) is 132 cm³/mol. The molecule has 0 saturated heterocycles. The molecule has 0 fully saturated rings.